The first kappa shape index (κ1) is 10.3. The van der Waals surface area contributed by atoms with Gasteiger partial charge in [-0.1, -0.05) is 6.92 Å². The predicted molar refractivity (Wildman–Crippen MR) is 51.5 cm³/mol. The Morgan fingerprint density at radius 1 is 1.42 bits per heavy atom. The number of hydrogen-bond acceptors (Lipinski definition) is 4. The van der Waals surface area contributed by atoms with E-state index in [1.807, 2.05) is 0 Å². The van der Waals surface area contributed by atoms with Crippen LogP contribution in [0.3, 0.4) is 0 Å². The highest BCUT2D eigenvalue weighted by Gasteiger charge is 2.29. The topological polar surface area (TPSA) is 43.7 Å². The summed E-state index contributed by atoms with van der Waals surface area (Å²) in [6, 6.07) is 0. The summed E-state index contributed by atoms with van der Waals surface area (Å²) in [6.45, 7) is 4.22. The fraction of sp³-hybridized carbons (Fsp3) is 1.00. The number of aliphatic hydroxyl groups is 2. The first-order chi connectivity index (χ1) is 5.63. The summed E-state index contributed by atoms with van der Waals surface area (Å²) in [6.07, 6.45) is -1.12. The molecular weight excluding hydrogens is 174 g/mol. The fourth-order valence-electron chi connectivity index (χ4n) is 1.49. The van der Waals surface area contributed by atoms with Crippen LogP contribution in [0, 0.1) is 5.92 Å². The molecule has 0 aliphatic carbocycles. The van der Waals surface area contributed by atoms with Crippen molar-refractivity contribution in [2.24, 2.45) is 5.92 Å². The van der Waals surface area contributed by atoms with Crippen molar-refractivity contribution in [2.75, 3.05) is 25.4 Å². The highest BCUT2D eigenvalue weighted by atomic mass is 32.1. The quantitative estimate of drug-likeness (QED) is 0.531. The molecule has 72 valence electrons. The molecule has 3 unspecified atom stereocenters. The van der Waals surface area contributed by atoms with Crippen LogP contribution in [0.5, 0.6) is 0 Å². The molecule has 12 heavy (non-hydrogen) atoms. The van der Waals surface area contributed by atoms with E-state index in [2.05, 4.69) is 24.5 Å². The second kappa shape index (κ2) is 4.46. The van der Waals surface area contributed by atoms with Crippen molar-refractivity contribution in [1.82, 2.24) is 4.90 Å². The van der Waals surface area contributed by atoms with E-state index >= 15 is 0 Å². The lowest BCUT2D eigenvalue weighted by atomic mass is 10.2. The smallest absolute Gasteiger partial charge is 0.0938 e. The first-order valence-electron chi connectivity index (χ1n) is 4.32. The minimum atomic E-state index is -0.558. The van der Waals surface area contributed by atoms with Crippen LogP contribution in [0.25, 0.3) is 0 Å². The third-order valence-corrected chi connectivity index (χ3v) is 2.84. The summed E-state index contributed by atoms with van der Waals surface area (Å²) in [7, 11) is 0. The van der Waals surface area contributed by atoms with Crippen LogP contribution >= 0.6 is 12.6 Å². The molecular formula is C8H17NO2S. The second-order valence-corrected chi connectivity index (χ2v) is 4.01. The first-order valence-corrected chi connectivity index (χ1v) is 4.96. The molecule has 3 atom stereocenters. The van der Waals surface area contributed by atoms with Crippen molar-refractivity contribution < 1.29 is 10.2 Å². The Bertz CT molecular complexity index is 135. The lowest BCUT2D eigenvalue weighted by Crippen LogP contribution is -2.28. The Balaban J connectivity index is 2.27. The summed E-state index contributed by atoms with van der Waals surface area (Å²) < 4.78 is 0. The van der Waals surface area contributed by atoms with Gasteiger partial charge in [0.05, 0.1) is 12.2 Å². The van der Waals surface area contributed by atoms with E-state index in [9.17, 15) is 10.2 Å². The zero-order valence-electron chi connectivity index (χ0n) is 7.35. The van der Waals surface area contributed by atoms with Gasteiger partial charge in [-0.25, -0.2) is 0 Å². The van der Waals surface area contributed by atoms with Gasteiger partial charge in [-0.2, -0.15) is 12.6 Å². The van der Waals surface area contributed by atoms with Crippen LogP contribution in [0.1, 0.15) is 6.92 Å². The van der Waals surface area contributed by atoms with Crippen LogP contribution in [-0.2, 0) is 0 Å². The largest absolute Gasteiger partial charge is 0.389 e. The lowest BCUT2D eigenvalue weighted by molar-refractivity contribution is 0.0572. The Hall–Kier alpha value is 0.230. The van der Waals surface area contributed by atoms with Gasteiger partial charge >= 0.3 is 0 Å². The molecule has 0 radical (unpaired) electrons. The number of nitrogens with zero attached hydrogens (tertiary/aromatic N) is 1. The maximum Gasteiger partial charge on any atom is 0.0938 e. The third kappa shape index (κ3) is 2.62. The van der Waals surface area contributed by atoms with Gasteiger partial charge in [0.1, 0.15) is 0 Å². The number of rotatable bonds is 3. The van der Waals surface area contributed by atoms with E-state index in [0.717, 1.165) is 12.3 Å². The Morgan fingerprint density at radius 2 is 1.92 bits per heavy atom. The van der Waals surface area contributed by atoms with E-state index in [4.69, 9.17) is 0 Å². The van der Waals surface area contributed by atoms with Crippen molar-refractivity contribution in [3.8, 4) is 0 Å². The molecule has 1 saturated heterocycles. The second-order valence-electron chi connectivity index (χ2n) is 3.64. The van der Waals surface area contributed by atoms with Gasteiger partial charge in [0, 0.05) is 19.6 Å². The SMILES string of the molecule is CC(CS)CN1CC(O)C(O)C1. The summed E-state index contributed by atoms with van der Waals surface area (Å²) >= 11 is 4.18. The minimum Gasteiger partial charge on any atom is -0.389 e. The molecule has 2 N–H and O–H groups in total. The van der Waals surface area contributed by atoms with Crippen molar-refractivity contribution >= 4 is 12.6 Å². The normalized spacial score (nSPS) is 34.0. The molecule has 0 aromatic heterocycles. The van der Waals surface area contributed by atoms with Gasteiger partial charge in [0.25, 0.3) is 0 Å². The Morgan fingerprint density at radius 3 is 2.33 bits per heavy atom. The molecule has 3 nitrogen and oxygen atoms in total. The van der Waals surface area contributed by atoms with Crippen molar-refractivity contribution in [3.05, 3.63) is 0 Å². The fourth-order valence-corrected chi connectivity index (χ4v) is 1.61. The third-order valence-electron chi connectivity index (χ3n) is 2.22. The molecule has 0 spiro atoms. The van der Waals surface area contributed by atoms with Crippen molar-refractivity contribution in [1.29, 1.82) is 0 Å². The molecule has 1 aliphatic heterocycles. The van der Waals surface area contributed by atoms with Crippen LogP contribution in [-0.4, -0.2) is 52.7 Å². The van der Waals surface area contributed by atoms with Crippen molar-refractivity contribution in [2.45, 2.75) is 19.1 Å². The molecule has 0 bridgehead atoms. The molecule has 0 aromatic carbocycles. The standard InChI is InChI=1S/C8H17NO2S/c1-6(5-12)2-9-3-7(10)8(11)4-9/h6-8,10-12H,2-5H2,1H3. The zero-order chi connectivity index (χ0) is 9.14. The maximum atomic E-state index is 9.24. The zero-order valence-corrected chi connectivity index (χ0v) is 8.24. The summed E-state index contributed by atoms with van der Waals surface area (Å²) in [5.74, 6) is 1.37. The van der Waals surface area contributed by atoms with E-state index < -0.39 is 12.2 Å². The van der Waals surface area contributed by atoms with Crippen LogP contribution in [0.4, 0.5) is 0 Å². The Labute approximate surface area is 78.8 Å². The van der Waals surface area contributed by atoms with Gasteiger partial charge in [0.15, 0.2) is 0 Å². The van der Waals surface area contributed by atoms with Crippen LogP contribution < -0.4 is 0 Å². The number of β-amino-alcohol motifs (C(OH)–C–C–N with tert-alkyl or cyclic N) is 2. The molecule has 0 saturated carbocycles. The average molecular weight is 191 g/mol. The van der Waals surface area contributed by atoms with Gasteiger partial charge in [-0.15, -0.1) is 0 Å². The van der Waals surface area contributed by atoms with E-state index in [-0.39, 0.29) is 0 Å². The van der Waals surface area contributed by atoms with E-state index in [1.165, 1.54) is 0 Å². The highest BCUT2D eigenvalue weighted by molar-refractivity contribution is 7.80. The highest BCUT2D eigenvalue weighted by Crippen LogP contribution is 2.12. The molecule has 1 fully saturated rings. The monoisotopic (exact) mass is 191 g/mol. The summed E-state index contributed by atoms with van der Waals surface area (Å²) in [5, 5.41) is 18.5. The van der Waals surface area contributed by atoms with Gasteiger partial charge in [-0.3, -0.25) is 4.90 Å². The molecule has 0 aromatic rings. The maximum absolute atomic E-state index is 9.24. The minimum absolute atomic E-state index is 0.519. The van der Waals surface area contributed by atoms with E-state index in [1.54, 1.807) is 0 Å². The van der Waals surface area contributed by atoms with Crippen LogP contribution in [0.15, 0.2) is 0 Å². The van der Waals surface area contributed by atoms with Gasteiger partial charge in [-0.05, 0) is 11.7 Å². The Kier molecular flexibility index (Phi) is 3.83. The number of hydrogen-bond donors (Lipinski definition) is 3. The number of likely N-dealkylation sites (tertiary alicyclic amines) is 1. The number of thiol groups is 1. The average Bonchev–Trinajstić information content (AvgIpc) is 2.31. The van der Waals surface area contributed by atoms with Gasteiger partial charge in [0.2, 0.25) is 0 Å². The molecule has 1 rings (SSSR count). The predicted octanol–water partition coefficient (Wildman–Crippen LogP) is -0.410. The molecule has 1 aliphatic rings. The van der Waals surface area contributed by atoms with Crippen LogP contribution in [0.2, 0.25) is 0 Å². The van der Waals surface area contributed by atoms with Gasteiger partial charge < -0.3 is 10.2 Å². The molecule has 4 heteroatoms. The lowest BCUT2D eigenvalue weighted by Gasteiger charge is -2.18. The van der Waals surface area contributed by atoms with Crippen molar-refractivity contribution in [3.63, 3.8) is 0 Å². The molecule has 0 amide bonds. The summed E-state index contributed by atoms with van der Waals surface area (Å²) in [4.78, 5) is 2.08. The van der Waals surface area contributed by atoms with E-state index in [0.29, 0.717) is 19.0 Å². The number of aliphatic hydroxyl groups excluding tert-OH is 2. The summed E-state index contributed by atoms with van der Waals surface area (Å²) in [5.41, 5.74) is 0. The molecule has 1 heterocycles.